The number of hydrogen-bond acceptors (Lipinski definition) is 3. The molecule has 0 unspecified atom stereocenters. The number of nitro benzene ring substituents is 1. The molecule has 88 valence electrons. The summed E-state index contributed by atoms with van der Waals surface area (Å²) in [6.07, 6.45) is 1.33. The van der Waals surface area contributed by atoms with Gasteiger partial charge in [-0.25, -0.2) is 13.5 Å². The molecule has 0 aliphatic carbocycles. The number of hydrogen-bond donors (Lipinski definition) is 0. The average molecular weight is 239 g/mol. The first-order valence-electron chi connectivity index (χ1n) is 4.65. The molecule has 1 aromatic carbocycles. The van der Waals surface area contributed by atoms with E-state index in [1.807, 2.05) is 0 Å². The van der Waals surface area contributed by atoms with Crippen molar-refractivity contribution < 1.29 is 13.7 Å². The third kappa shape index (κ3) is 1.86. The van der Waals surface area contributed by atoms with Gasteiger partial charge in [-0.1, -0.05) is 0 Å². The van der Waals surface area contributed by atoms with Crippen LogP contribution < -0.4 is 0 Å². The number of nitro groups is 1. The molecule has 0 N–H and O–H groups in total. The minimum Gasteiger partial charge on any atom is -0.258 e. The van der Waals surface area contributed by atoms with Gasteiger partial charge in [-0.05, 0) is 19.1 Å². The van der Waals surface area contributed by atoms with E-state index in [1.54, 1.807) is 6.92 Å². The van der Waals surface area contributed by atoms with Gasteiger partial charge in [-0.2, -0.15) is 5.10 Å². The Morgan fingerprint density at radius 3 is 2.59 bits per heavy atom. The van der Waals surface area contributed by atoms with Crippen molar-refractivity contribution in [1.29, 1.82) is 0 Å². The van der Waals surface area contributed by atoms with Crippen molar-refractivity contribution in [3.05, 3.63) is 51.8 Å². The second-order valence-corrected chi connectivity index (χ2v) is 3.39. The zero-order valence-corrected chi connectivity index (χ0v) is 8.72. The predicted molar refractivity (Wildman–Crippen MR) is 54.9 cm³/mol. The molecule has 0 saturated carbocycles. The fourth-order valence-electron chi connectivity index (χ4n) is 1.43. The monoisotopic (exact) mass is 239 g/mol. The lowest BCUT2D eigenvalue weighted by atomic mass is 10.2. The van der Waals surface area contributed by atoms with Gasteiger partial charge in [0, 0.05) is 12.3 Å². The highest BCUT2D eigenvalue weighted by atomic mass is 19.2. The molecule has 0 atom stereocenters. The molecule has 0 fully saturated rings. The van der Waals surface area contributed by atoms with E-state index in [1.165, 1.54) is 12.3 Å². The molecule has 17 heavy (non-hydrogen) atoms. The van der Waals surface area contributed by atoms with Crippen LogP contribution >= 0.6 is 0 Å². The SMILES string of the molecule is Cc1ccn(-c2c([N+](=O)[O-])ccc(F)c2F)n1. The fraction of sp³-hybridized carbons (Fsp3) is 0.100. The van der Waals surface area contributed by atoms with Crippen LogP contribution in [-0.4, -0.2) is 14.7 Å². The Kier molecular flexibility index (Phi) is 2.58. The normalized spacial score (nSPS) is 10.5. The topological polar surface area (TPSA) is 61.0 Å². The molecule has 7 heteroatoms. The van der Waals surface area contributed by atoms with E-state index in [-0.39, 0.29) is 0 Å². The molecular formula is C10H7F2N3O2. The van der Waals surface area contributed by atoms with Crippen molar-refractivity contribution in [2.45, 2.75) is 6.92 Å². The summed E-state index contributed by atoms with van der Waals surface area (Å²) < 4.78 is 27.6. The molecule has 0 saturated heterocycles. The van der Waals surface area contributed by atoms with Crippen LogP contribution in [0.5, 0.6) is 0 Å². The standard InChI is InChI=1S/C10H7F2N3O2/c1-6-4-5-14(13-6)10-8(15(16)17)3-2-7(11)9(10)12/h2-5H,1H3. The van der Waals surface area contributed by atoms with Crippen LogP contribution in [0.1, 0.15) is 5.69 Å². The number of halogens is 2. The minimum atomic E-state index is -1.29. The molecular weight excluding hydrogens is 232 g/mol. The molecule has 0 amide bonds. The quantitative estimate of drug-likeness (QED) is 0.597. The van der Waals surface area contributed by atoms with E-state index in [9.17, 15) is 18.9 Å². The second kappa shape index (κ2) is 3.93. The van der Waals surface area contributed by atoms with Crippen LogP contribution in [0.25, 0.3) is 5.69 Å². The Morgan fingerprint density at radius 1 is 1.35 bits per heavy atom. The van der Waals surface area contributed by atoms with Crippen LogP contribution in [0.2, 0.25) is 0 Å². The van der Waals surface area contributed by atoms with Crippen molar-refractivity contribution in [1.82, 2.24) is 9.78 Å². The molecule has 0 spiro atoms. The molecule has 0 aliphatic rings. The maximum atomic E-state index is 13.6. The zero-order chi connectivity index (χ0) is 12.6. The summed E-state index contributed by atoms with van der Waals surface area (Å²) >= 11 is 0. The zero-order valence-electron chi connectivity index (χ0n) is 8.72. The number of benzene rings is 1. The Bertz CT molecular complexity index is 595. The summed E-state index contributed by atoms with van der Waals surface area (Å²) in [4.78, 5) is 9.96. The first-order valence-corrected chi connectivity index (χ1v) is 4.65. The average Bonchev–Trinajstić information content (AvgIpc) is 2.68. The number of aromatic nitrogens is 2. The number of aryl methyl sites for hydroxylation is 1. The number of rotatable bonds is 2. The van der Waals surface area contributed by atoms with Gasteiger partial charge >= 0.3 is 0 Å². The van der Waals surface area contributed by atoms with Gasteiger partial charge in [0.05, 0.1) is 10.6 Å². The molecule has 0 aliphatic heterocycles. The lowest BCUT2D eigenvalue weighted by Gasteiger charge is -2.04. The van der Waals surface area contributed by atoms with Crippen LogP contribution in [0, 0.1) is 28.7 Å². The first kappa shape index (κ1) is 11.2. The lowest BCUT2D eigenvalue weighted by molar-refractivity contribution is -0.384. The lowest BCUT2D eigenvalue weighted by Crippen LogP contribution is -2.05. The van der Waals surface area contributed by atoms with E-state index >= 15 is 0 Å². The third-order valence-electron chi connectivity index (χ3n) is 2.20. The Hall–Kier alpha value is -2.31. The first-order chi connectivity index (χ1) is 8.00. The molecule has 2 rings (SSSR count). The van der Waals surface area contributed by atoms with E-state index in [0.29, 0.717) is 11.8 Å². The van der Waals surface area contributed by atoms with Crippen molar-refractivity contribution in [3.63, 3.8) is 0 Å². The van der Waals surface area contributed by atoms with Gasteiger partial charge in [0.25, 0.3) is 5.69 Å². The largest absolute Gasteiger partial charge is 0.298 e. The van der Waals surface area contributed by atoms with Crippen molar-refractivity contribution in [2.24, 2.45) is 0 Å². The molecule has 5 nitrogen and oxygen atoms in total. The highest BCUT2D eigenvalue weighted by Crippen LogP contribution is 2.27. The van der Waals surface area contributed by atoms with Gasteiger partial charge in [-0.15, -0.1) is 0 Å². The molecule has 0 radical (unpaired) electrons. The van der Waals surface area contributed by atoms with Crippen LogP contribution in [0.4, 0.5) is 14.5 Å². The Morgan fingerprint density at radius 2 is 2.06 bits per heavy atom. The number of nitrogens with zero attached hydrogens (tertiary/aromatic N) is 3. The predicted octanol–water partition coefficient (Wildman–Crippen LogP) is 2.37. The van der Waals surface area contributed by atoms with Gasteiger partial charge < -0.3 is 0 Å². The van der Waals surface area contributed by atoms with Crippen LogP contribution in [-0.2, 0) is 0 Å². The molecule has 1 heterocycles. The minimum absolute atomic E-state index is 0.497. The van der Waals surface area contributed by atoms with Gasteiger partial charge in [-0.3, -0.25) is 10.1 Å². The van der Waals surface area contributed by atoms with Gasteiger partial charge in [0.2, 0.25) is 0 Å². The third-order valence-corrected chi connectivity index (χ3v) is 2.20. The fourth-order valence-corrected chi connectivity index (χ4v) is 1.43. The van der Waals surface area contributed by atoms with Crippen LogP contribution in [0.3, 0.4) is 0 Å². The summed E-state index contributed by atoms with van der Waals surface area (Å²) in [5.41, 5.74) is -0.488. The summed E-state index contributed by atoms with van der Waals surface area (Å²) in [5.74, 6) is -2.44. The van der Waals surface area contributed by atoms with Gasteiger partial charge in [0.1, 0.15) is 0 Å². The summed E-state index contributed by atoms with van der Waals surface area (Å²) in [6.45, 7) is 1.64. The summed E-state index contributed by atoms with van der Waals surface area (Å²) in [7, 11) is 0. The van der Waals surface area contributed by atoms with E-state index < -0.39 is 27.9 Å². The summed E-state index contributed by atoms with van der Waals surface area (Å²) in [6, 6.07) is 3.16. The molecule has 1 aromatic heterocycles. The van der Waals surface area contributed by atoms with Gasteiger partial charge in [0.15, 0.2) is 17.3 Å². The molecule has 0 bridgehead atoms. The van der Waals surface area contributed by atoms with Crippen molar-refractivity contribution >= 4 is 5.69 Å². The second-order valence-electron chi connectivity index (χ2n) is 3.39. The smallest absolute Gasteiger partial charge is 0.258 e. The summed E-state index contributed by atoms with van der Waals surface area (Å²) in [5, 5.41) is 14.6. The Balaban J connectivity index is 2.73. The van der Waals surface area contributed by atoms with E-state index in [0.717, 1.165) is 10.7 Å². The van der Waals surface area contributed by atoms with Crippen molar-refractivity contribution in [3.8, 4) is 5.69 Å². The maximum absolute atomic E-state index is 13.6. The highest BCUT2D eigenvalue weighted by Gasteiger charge is 2.23. The molecule has 2 aromatic rings. The van der Waals surface area contributed by atoms with E-state index in [4.69, 9.17) is 0 Å². The maximum Gasteiger partial charge on any atom is 0.298 e. The van der Waals surface area contributed by atoms with Crippen molar-refractivity contribution in [2.75, 3.05) is 0 Å². The van der Waals surface area contributed by atoms with Crippen LogP contribution in [0.15, 0.2) is 24.4 Å². The highest BCUT2D eigenvalue weighted by molar-refractivity contribution is 5.53. The van der Waals surface area contributed by atoms with E-state index in [2.05, 4.69) is 5.10 Å². The Labute approximate surface area is 94.4 Å².